The lowest BCUT2D eigenvalue weighted by Gasteiger charge is -2.18. The fourth-order valence-corrected chi connectivity index (χ4v) is 0.724. The lowest BCUT2D eigenvalue weighted by molar-refractivity contribution is -0.156. The average Bonchev–Trinajstić information content (AvgIpc) is 2.13. The van der Waals surface area contributed by atoms with Gasteiger partial charge in [-0.05, 0) is 20.8 Å². The van der Waals surface area contributed by atoms with Crippen molar-refractivity contribution in [3.05, 3.63) is 12.7 Å². The molecule has 88 valence electrons. The third kappa shape index (κ3) is 7.11. The summed E-state index contributed by atoms with van der Waals surface area (Å²) in [4.78, 5) is 11.3. The summed E-state index contributed by atoms with van der Waals surface area (Å²) in [6.45, 7) is 9.24. The van der Waals surface area contributed by atoms with Gasteiger partial charge in [0.05, 0.1) is 18.6 Å². The predicted molar refractivity (Wildman–Crippen MR) is 57.4 cm³/mol. The number of ether oxygens (including phenoxy) is 2. The number of aliphatic hydroxyl groups is 1. The van der Waals surface area contributed by atoms with Gasteiger partial charge < -0.3 is 14.6 Å². The second-order valence-corrected chi connectivity index (χ2v) is 4.33. The maximum Gasteiger partial charge on any atom is 0.311 e. The summed E-state index contributed by atoms with van der Waals surface area (Å²) >= 11 is 0. The minimum absolute atomic E-state index is 0.0345. The van der Waals surface area contributed by atoms with E-state index in [1.54, 1.807) is 26.8 Å². The van der Waals surface area contributed by atoms with Crippen LogP contribution in [0.1, 0.15) is 20.8 Å². The van der Waals surface area contributed by atoms with Crippen LogP contribution in [-0.2, 0) is 14.3 Å². The Labute approximate surface area is 90.9 Å². The highest BCUT2D eigenvalue weighted by Gasteiger charge is 2.23. The summed E-state index contributed by atoms with van der Waals surface area (Å²) in [5.74, 6) is -0.328. The molecule has 0 aromatic heterocycles. The zero-order valence-electron chi connectivity index (χ0n) is 9.66. The smallest absolute Gasteiger partial charge is 0.311 e. The van der Waals surface area contributed by atoms with Crippen molar-refractivity contribution < 1.29 is 19.4 Å². The highest BCUT2D eigenvalue weighted by Crippen LogP contribution is 2.15. The molecule has 0 radical (unpaired) electrons. The summed E-state index contributed by atoms with van der Waals surface area (Å²) in [6, 6.07) is 0. The summed E-state index contributed by atoms with van der Waals surface area (Å²) < 4.78 is 9.91. The second kappa shape index (κ2) is 6.58. The molecule has 0 aliphatic heterocycles. The molecule has 15 heavy (non-hydrogen) atoms. The highest BCUT2D eigenvalue weighted by atomic mass is 16.5. The van der Waals surface area contributed by atoms with E-state index in [2.05, 4.69) is 6.58 Å². The Balaban J connectivity index is 3.66. The number of carbonyl (C=O) groups is 1. The van der Waals surface area contributed by atoms with Crippen LogP contribution in [0.25, 0.3) is 0 Å². The van der Waals surface area contributed by atoms with Crippen LogP contribution in [0.2, 0.25) is 0 Å². The van der Waals surface area contributed by atoms with Gasteiger partial charge in [0.15, 0.2) is 0 Å². The molecule has 0 rings (SSSR count). The molecule has 0 heterocycles. The van der Waals surface area contributed by atoms with Gasteiger partial charge in [-0.3, -0.25) is 4.79 Å². The van der Waals surface area contributed by atoms with Crippen LogP contribution in [0, 0.1) is 5.41 Å². The van der Waals surface area contributed by atoms with Crippen LogP contribution in [0.4, 0.5) is 0 Å². The Hall–Kier alpha value is -0.870. The van der Waals surface area contributed by atoms with Crippen LogP contribution >= 0.6 is 0 Å². The Morgan fingerprint density at radius 3 is 2.53 bits per heavy atom. The molecule has 4 nitrogen and oxygen atoms in total. The van der Waals surface area contributed by atoms with Crippen molar-refractivity contribution >= 4 is 5.97 Å². The number of hydrogen-bond donors (Lipinski definition) is 1. The van der Waals surface area contributed by atoms with E-state index in [4.69, 9.17) is 9.47 Å². The van der Waals surface area contributed by atoms with Crippen molar-refractivity contribution in [2.45, 2.75) is 26.9 Å². The Kier molecular flexibility index (Phi) is 6.20. The van der Waals surface area contributed by atoms with Crippen LogP contribution in [-0.4, -0.2) is 37.0 Å². The molecular formula is C11H20O4. The first-order valence-electron chi connectivity index (χ1n) is 4.92. The van der Waals surface area contributed by atoms with Crippen molar-refractivity contribution in [1.29, 1.82) is 0 Å². The highest BCUT2D eigenvalue weighted by molar-refractivity contribution is 5.75. The van der Waals surface area contributed by atoms with E-state index in [1.165, 1.54) is 0 Å². The molecule has 0 saturated carbocycles. The van der Waals surface area contributed by atoms with E-state index in [1.807, 2.05) is 0 Å². The van der Waals surface area contributed by atoms with Crippen molar-refractivity contribution in [1.82, 2.24) is 0 Å². The molecule has 0 fully saturated rings. The van der Waals surface area contributed by atoms with E-state index in [-0.39, 0.29) is 19.2 Å². The Bertz CT molecular complexity index is 205. The SMILES string of the molecule is C=CCOC[C@H](O)COC(=O)C(C)(C)C. The molecule has 4 heteroatoms. The van der Waals surface area contributed by atoms with Crippen molar-refractivity contribution in [2.24, 2.45) is 5.41 Å². The lowest BCUT2D eigenvalue weighted by atomic mass is 9.97. The molecule has 0 spiro atoms. The van der Waals surface area contributed by atoms with Crippen LogP contribution in [0.3, 0.4) is 0 Å². The van der Waals surface area contributed by atoms with E-state index in [9.17, 15) is 9.90 Å². The van der Waals surface area contributed by atoms with Crippen molar-refractivity contribution in [3.63, 3.8) is 0 Å². The molecule has 0 saturated heterocycles. The molecule has 0 aromatic rings. The largest absolute Gasteiger partial charge is 0.462 e. The van der Waals surface area contributed by atoms with Gasteiger partial charge in [0.2, 0.25) is 0 Å². The zero-order chi connectivity index (χ0) is 11.9. The van der Waals surface area contributed by atoms with E-state index >= 15 is 0 Å². The summed E-state index contributed by atoms with van der Waals surface area (Å²) in [7, 11) is 0. The first-order valence-corrected chi connectivity index (χ1v) is 4.92. The van der Waals surface area contributed by atoms with Crippen LogP contribution < -0.4 is 0 Å². The number of aliphatic hydroxyl groups excluding tert-OH is 1. The fraction of sp³-hybridized carbons (Fsp3) is 0.727. The number of rotatable bonds is 6. The average molecular weight is 216 g/mol. The number of hydrogen-bond acceptors (Lipinski definition) is 4. The van der Waals surface area contributed by atoms with Gasteiger partial charge in [0.25, 0.3) is 0 Å². The molecule has 0 bridgehead atoms. The van der Waals surface area contributed by atoms with Crippen LogP contribution in [0.5, 0.6) is 0 Å². The monoisotopic (exact) mass is 216 g/mol. The predicted octanol–water partition coefficient (Wildman–Crippen LogP) is 1.14. The summed E-state index contributed by atoms with van der Waals surface area (Å²) in [6.07, 6.45) is 0.810. The maximum atomic E-state index is 11.3. The van der Waals surface area contributed by atoms with Gasteiger partial charge in [-0.25, -0.2) is 0 Å². The molecule has 0 aliphatic rings. The van der Waals surface area contributed by atoms with Gasteiger partial charge in [-0.15, -0.1) is 6.58 Å². The molecular weight excluding hydrogens is 196 g/mol. The first-order chi connectivity index (χ1) is 6.88. The molecule has 1 N–H and O–H groups in total. The normalized spacial score (nSPS) is 13.3. The third-order valence-electron chi connectivity index (χ3n) is 1.57. The standard InChI is InChI=1S/C11H20O4/c1-5-6-14-7-9(12)8-15-10(13)11(2,3)4/h5,9,12H,1,6-8H2,2-4H3/t9-/m0/s1. The number of carbonyl (C=O) groups excluding carboxylic acids is 1. The Morgan fingerprint density at radius 2 is 2.07 bits per heavy atom. The fourth-order valence-electron chi connectivity index (χ4n) is 0.724. The molecule has 0 aliphatic carbocycles. The quantitative estimate of drug-likeness (QED) is 0.411. The topological polar surface area (TPSA) is 55.8 Å². The minimum atomic E-state index is -0.781. The van der Waals surface area contributed by atoms with Gasteiger partial charge in [-0.1, -0.05) is 6.08 Å². The van der Waals surface area contributed by atoms with Crippen LogP contribution in [0.15, 0.2) is 12.7 Å². The van der Waals surface area contributed by atoms with E-state index in [0.717, 1.165) is 0 Å². The van der Waals surface area contributed by atoms with Crippen molar-refractivity contribution in [3.8, 4) is 0 Å². The van der Waals surface area contributed by atoms with E-state index in [0.29, 0.717) is 6.61 Å². The van der Waals surface area contributed by atoms with Gasteiger partial charge in [0, 0.05) is 0 Å². The lowest BCUT2D eigenvalue weighted by Crippen LogP contribution is -2.29. The second-order valence-electron chi connectivity index (χ2n) is 4.33. The van der Waals surface area contributed by atoms with E-state index < -0.39 is 11.5 Å². The Morgan fingerprint density at radius 1 is 1.47 bits per heavy atom. The summed E-state index contributed by atoms with van der Waals surface area (Å²) in [5, 5.41) is 9.35. The molecule has 1 atom stereocenters. The maximum absolute atomic E-state index is 11.3. The molecule has 0 amide bonds. The number of esters is 1. The van der Waals surface area contributed by atoms with Gasteiger partial charge in [-0.2, -0.15) is 0 Å². The molecule has 0 aromatic carbocycles. The minimum Gasteiger partial charge on any atom is -0.462 e. The third-order valence-corrected chi connectivity index (χ3v) is 1.57. The zero-order valence-corrected chi connectivity index (χ0v) is 9.66. The van der Waals surface area contributed by atoms with Gasteiger partial charge in [0.1, 0.15) is 12.7 Å². The molecule has 0 unspecified atom stereocenters. The summed E-state index contributed by atoms with van der Waals surface area (Å²) in [5.41, 5.74) is -0.540. The van der Waals surface area contributed by atoms with Crippen molar-refractivity contribution in [2.75, 3.05) is 19.8 Å². The first kappa shape index (κ1) is 14.1. The van der Waals surface area contributed by atoms with Gasteiger partial charge >= 0.3 is 5.97 Å².